The summed E-state index contributed by atoms with van der Waals surface area (Å²) in [6.07, 6.45) is 1.85. The van der Waals surface area contributed by atoms with Gasteiger partial charge in [-0.15, -0.1) is 36.2 Å². The molecular weight excluding hydrogens is 484 g/mol. The Kier molecular flexibility index (Phi) is 8.64. The maximum atomic E-state index is 13.5. The molecule has 170 valence electrons. The van der Waals surface area contributed by atoms with Crippen molar-refractivity contribution in [3.63, 3.8) is 0 Å². The summed E-state index contributed by atoms with van der Waals surface area (Å²) in [6.45, 7) is 4.95. The van der Waals surface area contributed by atoms with Crippen LogP contribution in [0.4, 0.5) is 10.1 Å². The van der Waals surface area contributed by atoms with Crippen LogP contribution in [0, 0.1) is 12.7 Å². The summed E-state index contributed by atoms with van der Waals surface area (Å²) in [5.41, 5.74) is 3.36. The number of aryl methyl sites for hydroxylation is 2. The Labute approximate surface area is 209 Å². The lowest BCUT2D eigenvalue weighted by Crippen LogP contribution is -2.52. The van der Waals surface area contributed by atoms with Crippen LogP contribution in [-0.4, -0.2) is 36.4 Å². The van der Waals surface area contributed by atoms with Crippen LogP contribution in [-0.2, 0) is 6.42 Å². The predicted octanol–water partition coefficient (Wildman–Crippen LogP) is 6.49. The molecule has 0 aliphatic carbocycles. The molecule has 1 saturated heterocycles. The predicted molar refractivity (Wildman–Crippen MR) is 138 cm³/mol. The van der Waals surface area contributed by atoms with Crippen LogP contribution in [0.15, 0.2) is 68.7 Å². The van der Waals surface area contributed by atoms with Crippen LogP contribution in [0.5, 0.6) is 0 Å². The Morgan fingerprint density at radius 1 is 1.12 bits per heavy atom. The summed E-state index contributed by atoms with van der Waals surface area (Å²) in [5.74, 6) is 0.930. The molecular formula is C24H26Cl2FN3S2. The first kappa shape index (κ1) is 25.1. The number of nitrogens with one attached hydrogen (secondary N) is 1. The molecule has 1 aromatic heterocycles. The lowest BCUT2D eigenvalue weighted by Gasteiger charge is -2.36. The van der Waals surface area contributed by atoms with Crippen molar-refractivity contribution in [2.45, 2.75) is 34.9 Å². The van der Waals surface area contributed by atoms with Crippen LogP contribution in [0.25, 0.3) is 0 Å². The number of aliphatic imine (C=N–C) groups is 1. The number of thiophene rings is 1. The fraction of sp³-hybridized carbons (Fsp3) is 0.292. The van der Waals surface area contributed by atoms with Crippen molar-refractivity contribution >= 4 is 59.4 Å². The minimum atomic E-state index is -0.157. The largest absolute Gasteiger partial charge is 0.353 e. The minimum Gasteiger partial charge on any atom is -0.353 e. The molecule has 0 spiro atoms. The summed E-state index contributed by atoms with van der Waals surface area (Å²) in [4.78, 5) is 10.1. The van der Waals surface area contributed by atoms with E-state index >= 15 is 0 Å². The molecule has 0 bridgehead atoms. The van der Waals surface area contributed by atoms with E-state index in [9.17, 15) is 4.39 Å². The number of benzene rings is 2. The lowest BCUT2D eigenvalue weighted by molar-refractivity contribution is 0.282. The molecule has 5 rings (SSSR count). The van der Waals surface area contributed by atoms with Gasteiger partial charge in [-0.1, -0.05) is 36.0 Å². The highest BCUT2D eigenvalue weighted by atomic mass is 35.5. The number of para-hydroxylation sites is 1. The van der Waals surface area contributed by atoms with E-state index in [1.54, 1.807) is 12.1 Å². The maximum Gasteiger partial charge on any atom is 0.138 e. The minimum absolute atomic E-state index is 0. The molecule has 8 heteroatoms. The average molecular weight is 511 g/mol. The second-order valence-corrected chi connectivity index (χ2v) is 10.4. The smallest absolute Gasteiger partial charge is 0.138 e. The van der Waals surface area contributed by atoms with E-state index in [-0.39, 0.29) is 30.6 Å². The van der Waals surface area contributed by atoms with E-state index in [0.29, 0.717) is 6.04 Å². The van der Waals surface area contributed by atoms with Crippen LogP contribution in [0.3, 0.4) is 0 Å². The zero-order valence-electron chi connectivity index (χ0n) is 17.7. The molecule has 1 atom stereocenters. The molecule has 2 aromatic carbocycles. The molecule has 3 heterocycles. The van der Waals surface area contributed by atoms with Crippen LogP contribution in [0.2, 0.25) is 0 Å². The third kappa shape index (κ3) is 5.49. The van der Waals surface area contributed by atoms with E-state index in [4.69, 9.17) is 4.99 Å². The molecule has 0 radical (unpaired) electrons. The van der Waals surface area contributed by atoms with Crippen molar-refractivity contribution in [1.82, 2.24) is 10.2 Å². The standard InChI is InChI=1S/C24H24FN3S2.2ClH/c1-16-13-20-23(27-21-7-2-3-8-22(21)30-24(20)29-16)28-12-11-26-19(15-28)10-9-17-5-4-6-18(25)14-17;;/h2-8,13-14,19,26H,9-12,15H2,1H3;2*1H/t19-;;/m0../s1. The molecule has 32 heavy (non-hydrogen) atoms. The van der Waals surface area contributed by atoms with Gasteiger partial charge in [0, 0.05) is 41.0 Å². The van der Waals surface area contributed by atoms with Gasteiger partial charge in [-0.25, -0.2) is 9.38 Å². The first-order valence-corrected chi connectivity index (χ1v) is 12.0. The maximum absolute atomic E-state index is 13.5. The van der Waals surface area contributed by atoms with Gasteiger partial charge >= 0.3 is 0 Å². The van der Waals surface area contributed by atoms with Crippen LogP contribution in [0.1, 0.15) is 22.4 Å². The molecule has 0 amide bonds. The summed E-state index contributed by atoms with van der Waals surface area (Å²) < 4.78 is 14.8. The van der Waals surface area contributed by atoms with E-state index in [2.05, 4.69) is 47.5 Å². The zero-order valence-corrected chi connectivity index (χ0v) is 21.0. The molecule has 0 saturated carbocycles. The molecule has 1 fully saturated rings. The highest BCUT2D eigenvalue weighted by molar-refractivity contribution is 8.01. The Bertz CT molecular complexity index is 1100. The van der Waals surface area contributed by atoms with Gasteiger partial charge in [0.15, 0.2) is 0 Å². The summed E-state index contributed by atoms with van der Waals surface area (Å²) in [7, 11) is 0. The van der Waals surface area contributed by atoms with Gasteiger partial charge in [0.2, 0.25) is 0 Å². The Morgan fingerprint density at radius 2 is 1.97 bits per heavy atom. The third-order valence-corrected chi connectivity index (χ3v) is 7.90. The van der Waals surface area contributed by atoms with Gasteiger partial charge in [0.1, 0.15) is 11.7 Å². The van der Waals surface area contributed by atoms with E-state index in [0.717, 1.165) is 49.6 Å². The Morgan fingerprint density at radius 3 is 2.81 bits per heavy atom. The van der Waals surface area contributed by atoms with Crippen molar-refractivity contribution < 1.29 is 4.39 Å². The van der Waals surface area contributed by atoms with Crippen molar-refractivity contribution in [3.05, 3.63) is 76.4 Å². The number of amidine groups is 1. The molecule has 3 aromatic rings. The van der Waals surface area contributed by atoms with Gasteiger partial charge < -0.3 is 10.2 Å². The monoisotopic (exact) mass is 509 g/mol. The number of halogens is 3. The van der Waals surface area contributed by atoms with E-state index in [1.165, 1.54) is 25.6 Å². The normalized spacial score (nSPS) is 17.2. The number of fused-ring (bicyclic) bond motifs is 2. The second kappa shape index (κ2) is 11.0. The van der Waals surface area contributed by atoms with Gasteiger partial charge in [-0.2, -0.15) is 0 Å². The second-order valence-electron chi connectivity index (χ2n) is 7.83. The quantitative estimate of drug-likeness (QED) is 0.437. The lowest BCUT2D eigenvalue weighted by atomic mass is 10.0. The number of nitrogens with zero attached hydrogens (tertiary/aromatic N) is 2. The average Bonchev–Trinajstić information content (AvgIpc) is 3.04. The Hall–Kier alpha value is -1.57. The third-order valence-electron chi connectivity index (χ3n) is 5.58. The molecule has 2 aliphatic rings. The van der Waals surface area contributed by atoms with E-state index in [1.807, 2.05) is 29.2 Å². The van der Waals surface area contributed by atoms with Gasteiger partial charge in [-0.05, 0) is 55.7 Å². The van der Waals surface area contributed by atoms with Crippen LogP contribution >= 0.6 is 47.9 Å². The zero-order chi connectivity index (χ0) is 20.5. The highest BCUT2D eigenvalue weighted by Crippen LogP contribution is 2.44. The molecule has 2 aliphatic heterocycles. The van der Waals surface area contributed by atoms with Gasteiger partial charge in [0.25, 0.3) is 0 Å². The fourth-order valence-corrected chi connectivity index (χ4v) is 6.50. The van der Waals surface area contributed by atoms with Gasteiger partial charge in [0.05, 0.1) is 9.90 Å². The van der Waals surface area contributed by atoms with Crippen LogP contribution < -0.4 is 5.32 Å². The van der Waals surface area contributed by atoms with Crippen molar-refractivity contribution in [1.29, 1.82) is 0 Å². The molecule has 3 nitrogen and oxygen atoms in total. The number of piperazine rings is 1. The summed E-state index contributed by atoms with van der Waals surface area (Å²) in [5, 5.41) is 3.64. The fourth-order valence-electron chi connectivity index (χ4n) is 4.12. The SMILES string of the molecule is Cc1cc2c(s1)Sc1ccccc1N=C2N1CCN[C@@H](CCc2cccc(F)c2)C1.Cl.Cl. The number of hydrogen-bond donors (Lipinski definition) is 1. The summed E-state index contributed by atoms with van der Waals surface area (Å²) in [6, 6.07) is 18.0. The first-order valence-electron chi connectivity index (χ1n) is 10.3. The van der Waals surface area contributed by atoms with Crippen molar-refractivity contribution in [2.75, 3.05) is 19.6 Å². The Balaban J connectivity index is 0.00000144. The van der Waals surface area contributed by atoms with E-state index < -0.39 is 0 Å². The highest BCUT2D eigenvalue weighted by Gasteiger charge is 2.27. The number of hydrogen-bond acceptors (Lipinski definition) is 5. The number of rotatable bonds is 3. The van der Waals surface area contributed by atoms with Gasteiger partial charge in [-0.3, -0.25) is 0 Å². The van der Waals surface area contributed by atoms with Crippen molar-refractivity contribution in [3.8, 4) is 0 Å². The molecule has 0 unspecified atom stereocenters. The van der Waals surface area contributed by atoms with Crippen molar-refractivity contribution in [2.24, 2.45) is 4.99 Å². The molecule has 1 N–H and O–H groups in total. The topological polar surface area (TPSA) is 27.6 Å². The first-order chi connectivity index (χ1) is 14.7. The summed E-state index contributed by atoms with van der Waals surface area (Å²) >= 11 is 3.68.